The van der Waals surface area contributed by atoms with Crippen molar-refractivity contribution >= 4 is 57.3 Å². The molecular formula is C11H4Cl4F3N. The Kier molecular flexibility index (Phi) is 3.82. The predicted octanol–water partition coefficient (Wildman–Crippen LogP) is 5.73. The Bertz CT molecular complexity index is 629. The zero-order chi connectivity index (χ0) is 14.4. The highest BCUT2D eigenvalue weighted by Gasteiger charge is 2.33. The monoisotopic (exact) mass is 347 g/mol. The number of alkyl halides is 6. The van der Waals surface area contributed by atoms with Gasteiger partial charge in [0.15, 0.2) is 0 Å². The molecule has 0 saturated carbocycles. The highest BCUT2D eigenvalue weighted by atomic mass is 35.6. The van der Waals surface area contributed by atoms with E-state index in [4.69, 9.17) is 46.4 Å². The summed E-state index contributed by atoms with van der Waals surface area (Å²) in [6.45, 7) is 0. The van der Waals surface area contributed by atoms with Gasteiger partial charge in [0.2, 0.25) is 3.79 Å². The molecule has 0 radical (unpaired) electrons. The Morgan fingerprint density at radius 2 is 1.63 bits per heavy atom. The number of aromatic nitrogens is 1. The van der Waals surface area contributed by atoms with Gasteiger partial charge in [-0.1, -0.05) is 58.5 Å². The van der Waals surface area contributed by atoms with E-state index in [1.54, 1.807) is 0 Å². The number of nitrogens with zero attached hydrogens (tertiary/aromatic N) is 1. The van der Waals surface area contributed by atoms with Crippen molar-refractivity contribution in [3.05, 3.63) is 40.5 Å². The molecule has 1 heterocycles. The quantitative estimate of drug-likeness (QED) is 0.554. The highest BCUT2D eigenvalue weighted by molar-refractivity contribution is 6.66. The zero-order valence-electron chi connectivity index (χ0n) is 8.90. The molecule has 0 saturated heterocycles. The molecule has 0 aliphatic carbocycles. The van der Waals surface area contributed by atoms with E-state index < -0.39 is 15.7 Å². The molecule has 0 spiro atoms. The smallest absolute Gasteiger partial charge is 0.243 e. The lowest BCUT2D eigenvalue weighted by molar-refractivity contribution is -0.140. The van der Waals surface area contributed by atoms with E-state index in [0.717, 1.165) is 6.07 Å². The first kappa shape index (κ1) is 15.0. The minimum absolute atomic E-state index is 0.0173. The van der Waals surface area contributed by atoms with Crippen molar-refractivity contribution < 1.29 is 13.2 Å². The van der Waals surface area contributed by atoms with Gasteiger partial charge < -0.3 is 0 Å². The van der Waals surface area contributed by atoms with Crippen LogP contribution in [0.1, 0.15) is 11.3 Å². The van der Waals surface area contributed by atoms with Crippen LogP contribution in [0.3, 0.4) is 0 Å². The van der Waals surface area contributed by atoms with Crippen LogP contribution < -0.4 is 0 Å². The third kappa shape index (κ3) is 3.19. The maximum Gasteiger partial charge on any atom is 0.433 e. The first-order chi connectivity index (χ1) is 8.59. The Morgan fingerprint density at radius 3 is 2.16 bits per heavy atom. The van der Waals surface area contributed by atoms with Gasteiger partial charge in [0.05, 0.1) is 10.5 Å². The zero-order valence-corrected chi connectivity index (χ0v) is 11.9. The minimum atomic E-state index is -4.59. The molecule has 2 rings (SSSR count). The molecule has 1 aromatic carbocycles. The third-order valence-corrected chi connectivity index (χ3v) is 3.34. The molecule has 0 N–H and O–H groups in total. The second-order valence-corrected chi connectivity index (χ2v) is 6.41. The van der Waals surface area contributed by atoms with Gasteiger partial charge in [0, 0.05) is 10.9 Å². The van der Waals surface area contributed by atoms with E-state index in [1.165, 1.54) is 18.2 Å². The average Bonchev–Trinajstić information content (AvgIpc) is 2.25. The maximum atomic E-state index is 12.6. The molecule has 0 aliphatic heterocycles. The van der Waals surface area contributed by atoms with Gasteiger partial charge >= 0.3 is 6.18 Å². The lowest BCUT2D eigenvalue weighted by atomic mass is 10.1. The molecule has 0 atom stereocenters. The van der Waals surface area contributed by atoms with E-state index >= 15 is 0 Å². The topological polar surface area (TPSA) is 12.9 Å². The number of benzene rings is 1. The molecule has 8 heteroatoms. The summed E-state index contributed by atoms with van der Waals surface area (Å²) in [6.07, 6.45) is -4.59. The molecule has 1 nitrogen and oxygen atoms in total. The van der Waals surface area contributed by atoms with Crippen molar-refractivity contribution in [1.29, 1.82) is 0 Å². The Morgan fingerprint density at radius 1 is 1.00 bits per heavy atom. The van der Waals surface area contributed by atoms with Crippen LogP contribution in [0.2, 0.25) is 5.02 Å². The van der Waals surface area contributed by atoms with E-state index in [2.05, 4.69) is 4.98 Å². The molecule has 0 aliphatic rings. The Labute approximate surface area is 126 Å². The van der Waals surface area contributed by atoms with E-state index in [-0.39, 0.29) is 16.1 Å². The average molecular weight is 349 g/mol. The minimum Gasteiger partial charge on any atom is -0.243 e. The fourth-order valence-corrected chi connectivity index (χ4v) is 2.12. The fourth-order valence-electron chi connectivity index (χ4n) is 1.51. The van der Waals surface area contributed by atoms with Gasteiger partial charge in [-0.15, -0.1) is 0 Å². The third-order valence-electron chi connectivity index (χ3n) is 2.38. The molecule has 0 unspecified atom stereocenters. The molecule has 2 aromatic rings. The van der Waals surface area contributed by atoms with E-state index in [9.17, 15) is 13.2 Å². The van der Waals surface area contributed by atoms with Gasteiger partial charge in [-0.2, -0.15) is 13.2 Å². The van der Waals surface area contributed by atoms with Gasteiger partial charge in [0.1, 0.15) is 5.69 Å². The SMILES string of the molecule is FC(F)(F)c1cc(Cl)c2ccc(C(Cl)(Cl)Cl)cc2n1. The number of rotatable bonds is 0. The molecule has 0 fully saturated rings. The van der Waals surface area contributed by atoms with Crippen molar-refractivity contribution in [3.8, 4) is 0 Å². The van der Waals surface area contributed by atoms with Gasteiger partial charge in [0.25, 0.3) is 0 Å². The molecular weight excluding hydrogens is 345 g/mol. The van der Waals surface area contributed by atoms with Crippen LogP contribution in [-0.2, 0) is 9.97 Å². The van der Waals surface area contributed by atoms with Crippen molar-refractivity contribution in [2.75, 3.05) is 0 Å². The van der Waals surface area contributed by atoms with Gasteiger partial charge in [-0.05, 0) is 12.1 Å². The summed E-state index contributed by atoms with van der Waals surface area (Å²) < 4.78 is 36.2. The summed E-state index contributed by atoms with van der Waals surface area (Å²) in [5.41, 5.74) is -0.858. The highest BCUT2D eigenvalue weighted by Crippen LogP contribution is 2.40. The standard InChI is InChI=1S/C11H4Cl4F3N/c12-7-4-9(11(16,17)18)19-8-3-5(10(13,14)15)1-2-6(7)8/h1-4H. The van der Waals surface area contributed by atoms with Crippen LogP contribution >= 0.6 is 46.4 Å². The van der Waals surface area contributed by atoms with Crippen molar-refractivity contribution in [1.82, 2.24) is 4.98 Å². The van der Waals surface area contributed by atoms with Crippen LogP contribution in [0.25, 0.3) is 10.9 Å². The summed E-state index contributed by atoms with van der Waals surface area (Å²) in [6, 6.07) is 4.96. The molecule has 0 amide bonds. The van der Waals surface area contributed by atoms with Gasteiger partial charge in [-0.25, -0.2) is 4.98 Å². The van der Waals surface area contributed by atoms with Gasteiger partial charge in [-0.3, -0.25) is 0 Å². The molecule has 102 valence electrons. The predicted molar refractivity (Wildman–Crippen MR) is 71.0 cm³/mol. The van der Waals surface area contributed by atoms with Crippen molar-refractivity contribution in [2.24, 2.45) is 0 Å². The number of hydrogen-bond donors (Lipinski definition) is 0. The Balaban J connectivity index is 2.70. The van der Waals surface area contributed by atoms with E-state index in [0.29, 0.717) is 5.39 Å². The number of pyridine rings is 1. The summed E-state index contributed by atoms with van der Waals surface area (Å²) in [5.74, 6) is 0. The van der Waals surface area contributed by atoms with Crippen LogP contribution in [-0.4, -0.2) is 4.98 Å². The summed E-state index contributed by atoms with van der Waals surface area (Å²) in [4.78, 5) is 3.50. The molecule has 0 bridgehead atoms. The lowest BCUT2D eigenvalue weighted by Crippen LogP contribution is -2.08. The number of halogens is 7. The lowest BCUT2D eigenvalue weighted by Gasteiger charge is -2.13. The summed E-state index contributed by atoms with van der Waals surface area (Å²) in [5, 5.41) is 0.292. The first-order valence-corrected chi connectivity index (χ1v) is 6.35. The second-order valence-electron chi connectivity index (χ2n) is 3.72. The Hall–Kier alpha value is -0.420. The van der Waals surface area contributed by atoms with Crippen molar-refractivity contribution in [3.63, 3.8) is 0 Å². The van der Waals surface area contributed by atoms with Crippen LogP contribution in [0.5, 0.6) is 0 Å². The van der Waals surface area contributed by atoms with Crippen LogP contribution in [0.15, 0.2) is 24.3 Å². The second kappa shape index (κ2) is 4.85. The van der Waals surface area contributed by atoms with Crippen LogP contribution in [0.4, 0.5) is 13.2 Å². The first-order valence-electron chi connectivity index (χ1n) is 4.84. The van der Waals surface area contributed by atoms with Crippen LogP contribution in [0, 0.1) is 0 Å². The van der Waals surface area contributed by atoms with Crippen molar-refractivity contribution in [2.45, 2.75) is 9.97 Å². The number of fused-ring (bicyclic) bond motifs is 1. The summed E-state index contributed by atoms with van der Waals surface area (Å²) in [7, 11) is 0. The number of hydrogen-bond acceptors (Lipinski definition) is 1. The summed E-state index contributed by atoms with van der Waals surface area (Å²) >= 11 is 22.8. The largest absolute Gasteiger partial charge is 0.433 e. The van der Waals surface area contributed by atoms with E-state index in [1.807, 2.05) is 0 Å². The molecule has 19 heavy (non-hydrogen) atoms. The normalized spacial score (nSPS) is 13.0. The fraction of sp³-hybridized carbons (Fsp3) is 0.182. The maximum absolute atomic E-state index is 12.6. The molecule has 1 aromatic heterocycles.